The molecule has 0 bridgehead atoms. The lowest BCUT2D eigenvalue weighted by atomic mass is 10.1. The Hall–Kier alpha value is -1.93. The van der Waals surface area contributed by atoms with Crippen molar-refractivity contribution in [2.75, 3.05) is 13.1 Å². The van der Waals surface area contributed by atoms with E-state index in [1.165, 1.54) is 12.1 Å². The molecule has 0 spiro atoms. The molecule has 0 radical (unpaired) electrons. The van der Waals surface area contributed by atoms with Crippen molar-refractivity contribution in [1.82, 2.24) is 4.90 Å². The second-order valence-electron chi connectivity index (χ2n) is 3.60. The number of nitro groups is 1. The maximum absolute atomic E-state index is 10.5. The van der Waals surface area contributed by atoms with E-state index in [2.05, 4.69) is 6.07 Å². The molecule has 1 aromatic rings. The Kier molecular flexibility index (Phi) is 4.61. The number of hydrogen-bond donors (Lipinski definition) is 0. The molecule has 1 atom stereocenters. The molecule has 0 heterocycles. The number of hydrogen-bond acceptors (Lipinski definition) is 4. The maximum atomic E-state index is 10.5. The zero-order valence-electron chi connectivity index (χ0n) is 9.96. The summed E-state index contributed by atoms with van der Waals surface area (Å²) < 4.78 is 0. The molecule has 0 fully saturated rings. The molecule has 5 nitrogen and oxygen atoms in total. The quantitative estimate of drug-likeness (QED) is 0.578. The molecule has 0 aromatic heterocycles. The van der Waals surface area contributed by atoms with E-state index < -0.39 is 4.92 Å². The van der Waals surface area contributed by atoms with Crippen molar-refractivity contribution in [3.05, 3.63) is 39.9 Å². The lowest BCUT2D eigenvalue weighted by molar-refractivity contribution is -0.384. The molecule has 0 N–H and O–H groups in total. The van der Waals surface area contributed by atoms with E-state index >= 15 is 0 Å². The third kappa shape index (κ3) is 3.02. The van der Waals surface area contributed by atoms with Gasteiger partial charge in [-0.1, -0.05) is 13.8 Å². The van der Waals surface area contributed by atoms with Gasteiger partial charge in [0.05, 0.1) is 11.0 Å². The van der Waals surface area contributed by atoms with Crippen molar-refractivity contribution in [3.8, 4) is 6.07 Å². The van der Waals surface area contributed by atoms with Crippen LogP contribution < -0.4 is 0 Å². The van der Waals surface area contributed by atoms with Gasteiger partial charge in [-0.3, -0.25) is 15.0 Å². The smallest absolute Gasteiger partial charge is 0.269 e. The fourth-order valence-corrected chi connectivity index (χ4v) is 1.73. The van der Waals surface area contributed by atoms with Crippen molar-refractivity contribution in [2.45, 2.75) is 19.9 Å². The number of non-ortho nitro benzene ring substituents is 1. The summed E-state index contributed by atoms with van der Waals surface area (Å²) in [4.78, 5) is 12.1. The van der Waals surface area contributed by atoms with Crippen LogP contribution in [0.5, 0.6) is 0 Å². The molecule has 17 heavy (non-hydrogen) atoms. The first kappa shape index (κ1) is 13.1. The molecule has 1 rings (SSSR count). The van der Waals surface area contributed by atoms with E-state index in [0.29, 0.717) is 0 Å². The molecule has 0 aliphatic rings. The Balaban J connectivity index is 2.98. The highest BCUT2D eigenvalue weighted by Gasteiger charge is 2.17. The SMILES string of the molecule is CCN(CC)C(C#N)c1ccc([N+](=O)[O-])cc1. The van der Waals surface area contributed by atoms with Crippen molar-refractivity contribution < 1.29 is 4.92 Å². The average Bonchev–Trinajstić information content (AvgIpc) is 2.36. The first-order chi connectivity index (χ1) is 8.13. The Labute approximate surface area is 100 Å². The molecule has 0 aliphatic heterocycles. The zero-order valence-corrected chi connectivity index (χ0v) is 9.96. The van der Waals surface area contributed by atoms with Gasteiger partial charge in [-0.2, -0.15) is 5.26 Å². The van der Waals surface area contributed by atoms with Gasteiger partial charge in [0.2, 0.25) is 0 Å². The molecule has 5 heteroatoms. The Morgan fingerprint density at radius 3 is 2.24 bits per heavy atom. The van der Waals surface area contributed by atoms with Crippen LogP contribution in [0.4, 0.5) is 5.69 Å². The van der Waals surface area contributed by atoms with E-state index in [1.807, 2.05) is 18.7 Å². The van der Waals surface area contributed by atoms with Crippen LogP contribution in [0.3, 0.4) is 0 Å². The molecular formula is C12H15N3O2. The minimum Gasteiger partial charge on any atom is -0.285 e. The van der Waals surface area contributed by atoms with Gasteiger partial charge < -0.3 is 0 Å². The van der Waals surface area contributed by atoms with Gasteiger partial charge >= 0.3 is 0 Å². The molecule has 1 unspecified atom stereocenters. The lowest BCUT2D eigenvalue weighted by Gasteiger charge is -2.24. The molecule has 1 aromatic carbocycles. The van der Waals surface area contributed by atoms with Crippen LogP contribution in [-0.2, 0) is 0 Å². The summed E-state index contributed by atoms with van der Waals surface area (Å²) in [6, 6.07) is 8.04. The van der Waals surface area contributed by atoms with Crippen LogP contribution in [0.1, 0.15) is 25.5 Å². The minimum atomic E-state index is -0.442. The van der Waals surface area contributed by atoms with Gasteiger partial charge in [-0.15, -0.1) is 0 Å². The number of nitro benzene ring substituents is 1. The van der Waals surface area contributed by atoms with E-state index in [1.54, 1.807) is 12.1 Å². The lowest BCUT2D eigenvalue weighted by Crippen LogP contribution is -2.27. The fourth-order valence-electron chi connectivity index (χ4n) is 1.73. The van der Waals surface area contributed by atoms with Crippen molar-refractivity contribution in [1.29, 1.82) is 5.26 Å². The molecule has 0 saturated carbocycles. The summed E-state index contributed by atoms with van der Waals surface area (Å²) in [5, 5.41) is 19.7. The van der Waals surface area contributed by atoms with Gasteiger partial charge in [0, 0.05) is 12.1 Å². The van der Waals surface area contributed by atoms with Crippen LogP contribution >= 0.6 is 0 Å². The van der Waals surface area contributed by atoms with E-state index in [-0.39, 0.29) is 11.7 Å². The standard InChI is InChI=1S/C12H15N3O2/c1-3-14(4-2)12(9-13)10-5-7-11(8-6-10)15(16)17/h5-8,12H,3-4H2,1-2H3. The van der Waals surface area contributed by atoms with Gasteiger partial charge in [0.1, 0.15) is 6.04 Å². The van der Waals surface area contributed by atoms with E-state index in [4.69, 9.17) is 5.26 Å². The predicted molar refractivity (Wildman–Crippen MR) is 64.4 cm³/mol. The highest BCUT2D eigenvalue weighted by atomic mass is 16.6. The van der Waals surface area contributed by atoms with Crippen LogP contribution in [0, 0.1) is 21.4 Å². The fraction of sp³-hybridized carbons (Fsp3) is 0.417. The van der Waals surface area contributed by atoms with E-state index in [9.17, 15) is 10.1 Å². The first-order valence-corrected chi connectivity index (χ1v) is 5.52. The normalized spacial score (nSPS) is 12.1. The Morgan fingerprint density at radius 2 is 1.88 bits per heavy atom. The van der Waals surface area contributed by atoms with Gasteiger partial charge in [-0.05, 0) is 30.8 Å². The summed E-state index contributed by atoms with van der Waals surface area (Å²) >= 11 is 0. The van der Waals surface area contributed by atoms with Crippen molar-refractivity contribution >= 4 is 5.69 Å². The van der Waals surface area contributed by atoms with Crippen LogP contribution in [0.25, 0.3) is 0 Å². The summed E-state index contributed by atoms with van der Waals surface area (Å²) in [5.74, 6) is 0. The van der Waals surface area contributed by atoms with Gasteiger partial charge in [0.15, 0.2) is 0 Å². The van der Waals surface area contributed by atoms with Crippen molar-refractivity contribution in [3.63, 3.8) is 0 Å². The summed E-state index contributed by atoms with van der Waals surface area (Å²) in [6.07, 6.45) is 0. The highest BCUT2D eigenvalue weighted by Crippen LogP contribution is 2.22. The highest BCUT2D eigenvalue weighted by molar-refractivity contribution is 5.35. The van der Waals surface area contributed by atoms with Crippen LogP contribution in [0.15, 0.2) is 24.3 Å². The van der Waals surface area contributed by atoms with Crippen LogP contribution in [0.2, 0.25) is 0 Å². The molecule has 0 saturated heterocycles. The first-order valence-electron chi connectivity index (χ1n) is 5.52. The summed E-state index contributed by atoms with van der Waals surface area (Å²) in [6.45, 7) is 5.51. The molecule has 90 valence electrons. The third-order valence-electron chi connectivity index (χ3n) is 2.72. The number of nitriles is 1. The second kappa shape index (κ2) is 5.97. The van der Waals surface area contributed by atoms with Crippen LogP contribution in [-0.4, -0.2) is 22.9 Å². The Morgan fingerprint density at radius 1 is 1.35 bits per heavy atom. The monoisotopic (exact) mass is 233 g/mol. The largest absolute Gasteiger partial charge is 0.285 e. The number of rotatable bonds is 5. The maximum Gasteiger partial charge on any atom is 0.269 e. The average molecular weight is 233 g/mol. The van der Waals surface area contributed by atoms with Crippen molar-refractivity contribution in [2.24, 2.45) is 0 Å². The molecule has 0 amide bonds. The molecular weight excluding hydrogens is 218 g/mol. The summed E-state index contributed by atoms with van der Waals surface area (Å²) in [5.41, 5.74) is 0.840. The summed E-state index contributed by atoms with van der Waals surface area (Å²) in [7, 11) is 0. The Bertz CT molecular complexity index is 418. The minimum absolute atomic E-state index is 0.0463. The van der Waals surface area contributed by atoms with Gasteiger partial charge in [-0.25, -0.2) is 0 Å². The number of benzene rings is 1. The van der Waals surface area contributed by atoms with E-state index in [0.717, 1.165) is 18.7 Å². The topological polar surface area (TPSA) is 70.2 Å². The second-order valence-corrected chi connectivity index (χ2v) is 3.60. The van der Waals surface area contributed by atoms with Gasteiger partial charge in [0.25, 0.3) is 5.69 Å². The third-order valence-corrected chi connectivity index (χ3v) is 2.72. The number of nitrogens with zero attached hydrogens (tertiary/aromatic N) is 3. The zero-order chi connectivity index (χ0) is 12.8. The predicted octanol–water partition coefficient (Wildman–Crippen LogP) is 2.50. The molecule has 0 aliphatic carbocycles.